The third-order valence-electron chi connectivity index (χ3n) is 6.68. The highest BCUT2D eigenvalue weighted by Gasteiger charge is 2.31. The van der Waals surface area contributed by atoms with Gasteiger partial charge in [0.1, 0.15) is 0 Å². The minimum Gasteiger partial charge on any atom is -0.481 e. The Morgan fingerprint density at radius 2 is 1.81 bits per heavy atom. The molecule has 8 nitrogen and oxygen atoms in total. The molecule has 0 aromatic heterocycles. The predicted molar refractivity (Wildman–Crippen MR) is 142 cm³/mol. The van der Waals surface area contributed by atoms with Gasteiger partial charge in [-0.3, -0.25) is 14.4 Å². The highest BCUT2D eigenvalue weighted by atomic mass is 16.4. The number of fused-ring (bicyclic) bond motifs is 1. The highest BCUT2D eigenvalue weighted by Crippen LogP contribution is 2.27. The molecule has 0 radical (unpaired) electrons. The molecule has 0 aliphatic carbocycles. The molecule has 0 saturated carbocycles. The van der Waals surface area contributed by atoms with Crippen LogP contribution in [-0.4, -0.2) is 47.6 Å². The molecule has 2 amide bonds. The van der Waals surface area contributed by atoms with Crippen LogP contribution in [-0.2, 0) is 29.0 Å². The van der Waals surface area contributed by atoms with Crippen LogP contribution in [0.5, 0.6) is 0 Å². The van der Waals surface area contributed by atoms with Crippen molar-refractivity contribution < 1.29 is 19.5 Å². The summed E-state index contributed by atoms with van der Waals surface area (Å²) in [6.07, 6.45) is 2.23. The van der Waals surface area contributed by atoms with Crippen LogP contribution >= 0.6 is 0 Å². The SMILES string of the molecule is CN(C(=O)c1ccc2c(c1)CC(CC(=O)O)C(=O)N(CCc1ccccc1)C2)c1ccc(C=NN)cc1. The number of carboxylic acid groups (broad SMARTS) is 1. The molecule has 8 heteroatoms. The Balaban J connectivity index is 1.57. The summed E-state index contributed by atoms with van der Waals surface area (Å²) in [5.74, 6) is 3.13. The number of amides is 2. The maximum atomic E-state index is 13.3. The fraction of sp³-hybridized carbons (Fsp3) is 0.241. The highest BCUT2D eigenvalue weighted by molar-refractivity contribution is 6.06. The zero-order valence-electron chi connectivity index (χ0n) is 20.7. The summed E-state index contributed by atoms with van der Waals surface area (Å²) in [6, 6.07) is 22.6. The zero-order chi connectivity index (χ0) is 26.4. The van der Waals surface area contributed by atoms with Crippen molar-refractivity contribution in [3.05, 3.63) is 101 Å². The van der Waals surface area contributed by atoms with E-state index in [2.05, 4.69) is 5.10 Å². The molecule has 1 aliphatic rings. The smallest absolute Gasteiger partial charge is 0.304 e. The van der Waals surface area contributed by atoms with Gasteiger partial charge in [0.25, 0.3) is 5.91 Å². The summed E-state index contributed by atoms with van der Waals surface area (Å²) in [6.45, 7) is 0.873. The first kappa shape index (κ1) is 25.6. The number of aliphatic carboxylic acids is 1. The van der Waals surface area contributed by atoms with Crippen LogP contribution in [0.15, 0.2) is 77.9 Å². The first-order chi connectivity index (χ1) is 17.9. The van der Waals surface area contributed by atoms with E-state index in [1.54, 1.807) is 29.0 Å². The minimum absolute atomic E-state index is 0.166. The molecule has 190 valence electrons. The molecule has 0 fully saturated rings. The number of hydrogen-bond acceptors (Lipinski definition) is 5. The number of hydrogen-bond donors (Lipinski definition) is 2. The predicted octanol–water partition coefficient (Wildman–Crippen LogP) is 3.47. The quantitative estimate of drug-likeness (QED) is 0.280. The molecule has 1 aliphatic heterocycles. The van der Waals surface area contributed by atoms with Gasteiger partial charge in [-0.25, -0.2) is 0 Å². The first-order valence-electron chi connectivity index (χ1n) is 12.1. The lowest BCUT2D eigenvalue weighted by molar-refractivity contribution is -0.144. The molecular formula is C29H30N4O4. The molecule has 0 bridgehead atoms. The molecular weight excluding hydrogens is 468 g/mol. The van der Waals surface area contributed by atoms with E-state index < -0.39 is 11.9 Å². The minimum atomic E-state index is -1.01. The van der Waals surface area contributed by atoms with Gasteiger partial charge >= 0.3 is 5.97 Å². The number of carbonyl (C=O) groups is 3. The molecule has 3 N–H and O–H groups in total. The standard InChI is InChI=1S/C29H30N4O4/c1-32(26-11-7-21(8-12-26)18-31-30)28(36)22-9-10-23-19-33(14-13-20-5-3-2-4-6-20)29(37)25(17-27(34)35)16-24(23)15-22/h2-12,15,18,25H,13-14,16-17,19,30H2,1H3,(H,34,35). The van der Waals surface area contributed by atoms with E-state index in [0.29, 0.717) is 30.8 Å². The van der Waals surface area contributed by atoms with E-state index in [1.807, 2.05) is 60.7 Å². The van der Waals surface area contributed by atoms with Crippen LogP contribution in [0.3, 0.4) is 0 Å². The van der Waals surface area contributed by atoms with Crippen molar-refractivity contribution in [3.8, 4) is 0 Å². The summed E-state index contributed by atoms with van der Waals surface area (Å²) in [7, 11) is 1.70. The number of carboxylic acids is 1. The number of carbonyl (C=O) groups excluding carboxylic acids is 2. The van der Waals surface area contributed by atoms with Crippen LogP contribution in [0.1, 0.15) is 39.0 Å². The molecule has 0 spiro atoms. The molecule has 0 saturated heterocycles. The third kappa shape index (κ3) is 6.22. The lowest BCUT2D eigenvalue weighted by atomic mass is 9.93. The average molecular weight is 499 g/mol. The van der Waals surface area contributed by atoms with E-state index in [4.69, 9.17) is 5.84 Å². The second-order valence-electron chi connectivity index (χ2n) is 9.21. The third-order valence-corrected chi connectivity index (χ3v) is 6.68. The van der Waals surface area contributed by atoms with Gasteiger partial charge in [-0.05, 0) is 59.4 Å². The number of hydrazone groups is 1. The van der Waals surface area contributed by atoms with Crippen LogP contribution in [0.25, 0.3) is 0 Å². The Labute approximate surface area is 216 Å². The van der Waals surface area contributed by atoms with Gasteiger partial charge in [0, 0.05) is 31.4 Å². The normalized spacial score (nSPS) is 15.3. The monoisotopic (exact) mass is 498 g/mol. The van der Waals surface area contributed by atoms with Crippen molar-refractivity contribution in [1.82, 2.24) is 4.90 Å². The zero-order valence-corrected chi connectivity index (χ0v) is 20.7. The summed E-state index contributed by atoms with van der Waals surface area (Å²) in [5, 5.41) is 13.0. The first-order valence-corrected chi connectivity index (χ1v) is 12.1. The van der Waals surface area contributed by atoms with E-state index in [1.165, 1.54) is 6.21 Å². The van der Waals surface area contributed by atoms with Crippen LogP contribution in [0, 0.1) is 5.92 Å². The van der Waals surface area contributed by atoms with Crippen molar-refractivity contribution in [2.24, 2.45) is 16.9 Å². The average Bonchev–Trinajstić information content (AvgIpc) is 3.03. The van der Waals surface area contributed by atoms with Crippen molar-refractivity contribution >= 4 is 29.7 Å². The summed E-state index contributed by atoms with van der Waals surface area (Å²) in [4.78, 5) is 41.5. The van der Waals surface area contributed by atoms with Crippen LogP contribution < -0.4 is 10.7 Å². The second-order valence-corrected chi connectivity index (χ2v) is 9.21. The maximum Gasteiger partial charge on any atom is 0.304 e. The summed E-state index contributed by atoms with van der Waals surface area (Å²) in [5.41, 5.74) is 4.88. The van der Waals surface area contributed by atoms with Crippen molar-refractivity contribution in [1.29, 1.82) is 0 Å². The molecule has 4 rings (SSSR count). The van der Waals surface area contributed by atoms with Gasteiger partial charge in [0.05, 0.1) is 18.6 Å². The summed E-state index contributed by atoms with van der Waals surface area (Å²) >= 11 is 0. The number of nitrogens with zero attached hydrogens (tertiary/aromatic N) is 3. The number of anilines is 1. The van der Waals surface area contributed by atoms with Gasteiger partial charge in [-0.2, -0.15) is 5.10 Å². The Kier molecular flexibility index (Phi) is 7.98. The van der Waals surface area contributed by atoms with Gasteiger partial charge in [0.15, 0.2) is 0 Å². The van der Waals surface area contributed by atoms with Crippen molar-refractivity contribution in [3.63, 3.8) is 0 Å². The van der Waals surface area contributed by atoms with E-state index in [-0.39, 0.29) is 24.7 Å². The van der Waals surface area contributed by atoms with Crippen LogP contribution in [0.4, 0.5) is 5.69 Å². The lowest BCUT2D eigenvalue weighted by Gasteiger charge is -2.24. The molecule has 1 unspecified atom stereocenters. The number of nitrogens with two attached hydrogens (primary N) is 1. The van der Waals surface area contributed by atoms with Gasteiger partial charge in [0.2, 0.25) is 5.91 Å². The fourth-order valence-corrected chi connectivity index (χ4v) is 4.65. The Bertz CT molecular complexity index is 1310. The summed E-state index contributed by atoms with van der Waals surface area (Å²) < 4.78 is 0. The van der Waals surface area contributed by atoms with E-state index in [9.17, 15) is 19.5 Å². The molecule has 1 heterocycles. The topological polar surface area (TPSA) is 116 Å². The Morgan fingerprint density at radius 3 is 2.49 bits per heavy atom. The van der Waals surface area contributed by atoms with E-state index in [0.717, 1.165) is 22.3 Å². The Hall–Kier alpha value is -4.46. The Morgan fingerprint density at radius 1 is 1.08 bits per heavy atom. The molecule has 3 aromatic carbocycles. The van der Waals surface area contributed by atoms with Crippen LogP contribution in [0.2, 0.25) is 0 Å². The number of rotatable bonds is 8. The van der Waals surface area contributed by atoms with Gasteiger partial charge < -0.3 is 20.7 Å². The molecule has 37 heavy (non-hydrogen) atoms. The second kappa shape index (κ2) is 11.5. The molecule has 3 aromatic rings. The van der Waals surface area contributed by atoms with Gasteiger partial charge in [-0.15, -0.1) is 0 Å². The maximum absolute atomic E-state index is 13.3. The number of benzene rings is 3. The van der Waals surface area contributed by atoms with Gasteiger partial charge in [-0.1, -0.05) is 48.5 Å². The van der Waals surface area contributed by atoms with Crippen molar-refractivity contribution in [2.75, 3.05) is 18.5 Å². The van der Waals surface area contributed by atoms with E-state index >= 15 is 0 Å². The fourth-order valence-electron chi connectivity index (χ4n) is 4.65. The molecule has 1 atom stereocenters. The van der Waals surface area contributed by atoms with Crippen molar-refractivity contribution in [2.45, 2.75) is 25.8 Å². The lowest BCUT2D eigenvalue weighted by Crippen LogP contribution is -2.37. The largest absolute Gasteiger partial charge is 0.481 e.